The quantitative estimate of drug-likeness (QED) is 0.614. The van der Waals surface area contributed by atoms with Crippen LogP contribution in [0.3, 0.4) is 0 Å². The number of para-hydroxylation sites is 1. The highest BCUT2D eigenvalue weighted by atomic mass is 16.6. The van der Waals surface area contributed by atoms with Crippen LogP contribution in [0.5, 0.6) is 5.75 Å². The summed E-state index contributed by atoms with van der Waals surface area (Å²) in [6, 6.07) is 5.25. The van der Waals surface area contributed by atoms with Gasteiger partial charge in [-0.15, -0.1) is 0 Å². The molecule has 0 bridgehead atoms. The molecule has 0 radical (unpaired) electrons. The van der Waals surface area contributed by atoms with E-state index in [1.807, 2.05) is 20.8 Å². The summed E-state index contributed by atoms with van der Waals surface area (Å²) in [5.41, 5.74) is -0.365. The highest BCUT2D eigenvalue weighted by molar-refractivity contribution is 5.91. The molecule has 1 aromatic carbocycles. The molecule has 8 nitrogen and oxygen atoms in total. The first-order valence-electron chi connectivity index (χ1n) is 9.80. The lowest BCUT2D eigenvalue weighted by Crippen LogP contribution is -2.49. The molecule has 0 heterocycles. The van der Waals surface area contributed by atoms with Crippen molar-refractivity contribution >= 4 is 17.9 Å². The van der Waals surface area contributed by atoms with Gasteiger partial charge in [0.15, 0.2) is 0 Å². The lowest BCUT2D eigenvalue weighted by atomic mass is 10.0. The number of phenols is 1. The molecule has 0 saturated carbocycles. The minimum Gasteiger partial charge on any atom is -0.508 e. The number of rotatable bonds is 8. The van der Waals surface area contributed by atoms with E-state index < -0.39 is 29.6 Å². The van der Waals surface area contributed by atoms with Crippen LogP contribution in [0.25, 0.3) is 0 Å². The van der Waals surface area contributed by atoms with E-state index in [1.165, 1.54) is 11.0 Å². The van der Waals surface area contributed by atoms with E-state index in [2.05, 4.69) is 10.6 Å². The molecule has 29 heavy (non-hydrogen) atoms. The van der Waals surface area contributed by atoms with E-state index in [0.717, 1.165) is 0 Å². The van der Waals surface area contributed by atoms with Gasteiger partial charge in [0, 0.05) is 18.2 Å². The monoisotopic (exact) mass is 407 g/mol. The van der Waals surface area contributed by atoms with Gasteiger partial charge in [0.05, 0.1) is 0 Å². The molecule has 0 aliphatic rings. The average molecular weight is 408 g/mol. The van der Waals surface area contributed by atoms with Gasteiger partial charge in [0.2, 0.25) is 11.8 Å². The fourth-order valence-corrected chi connectivity index (χ4v) is 2.74. The zero-order chi connectivity index (χ0) is 22.2. The Bertz CT molecular complexity index is 713. The van der Waals surface area contributed by atoms with Crippen LogP contribution in [0.4, 0.5) is 4.79 Å². The van der Waals surface area contributed by atoms with Crippen LogP contribution in [0.15, 0.2) is 24.3 Å². The molecular formula is C21H33N3O5. The second-order valence-electron chi connectivity index (χ2n) is 8.07. The van der Waals surface area contributed by atoms with Crippen molar-refractivity contribution in [3.05, 3.63) is 29.8 Å². The van der Waals surface area contributed by atoms with Gasteiger partial charge in [-0.3, -0.25) is 9.59 Å². The van der Waals surface area contributed by atoms with Crippen molar-refractivity contribution in [2.45, 2.75) is 65.6 Å². The summed E-state index contributed by atoms with van der Waals surface area (Å²) in [6.07, 6.45) is -0.120. The van der Waals surface area contributed by atoms with Crippen LogP contribution in [0.2, 0.25) is 0 Å². The van der Waals surface area contributed by atoms with Gasteiger partial charge in [-0.05, 0) is 47.1 Å². The summed E-state index contributed by atoms with van der Waals surface area (Å²) < 4.78 is 5.15. The summed E-state index contributed by atoms with van der Waals surface area (Å²) >= 11 is 0. The van der Waals surface area contributed by atoms with Gasteiger partial charge in [-0.1, -0.05) is 25.1 Å². The molecule has 1 atom stereocenters. The minimum absolute atomic E-state index is 0.0783. The third kappa shape index (κ3) is 8.01. The maximum absolute atomic E-state index is 12.9. The Hall–Kier alpha value is -2.77. The number of hydrogen-bond donors (Lipinski definition) is 3. The Morgan fingerprint density at radius 2 is 1.79 bits per heavy atom. The topological polar surface area (TPSA) is 108 Å². The van der Waals surface area contributed by atoms with Crippen LogP contribution in [-0.4, -0.2) is 52.6 Å². The predicted octanol–water partition coefficient (Wildman–Crippen LogP) is 2.72. The first-order valence-corrected chi connectivity index (χ1v) is 9.80. The van der Waals surface area contributed by atoms with Gasteiger partial charge >= 0.3 is 6.09 Å². The molecule has 8 heteroatoms. The van der Waals surface area contributed by atoms with Crippen molar-refractivity contribution < 1.29 is 24.2 Å². The number of nitrogens with zero attached hydrogens (tertiary/aromatic N) is 1. The highest BCUT2D eigenvalue weighted by Gasteiger charge is 2.33. The molecule has 1 aromatic rings. The van der Waals surface area contributed by atoms with Crippen molar-refractivity contribution in [1.82, 2.24) is 15.5 Å². The molecule has 162 valence electrons. The van der Waals surface area contributed by atoms with Gasteiger partial charge in [0.1, 0.15) is 23.9 Å². The Balaban J connectivity index is 3.12. The van der Waals surface area contributed by atoms with E-state index in [-0.39, 0.29) is 24.9 Å². The predicted molar refractivity (Wildman–Crippen MR) is 110 cm³/mol. The molecule has 1 unspecified atom stereocenters. The lowest BCUT2D eigenvalue weighted by Gasteiger charge is -2.32. The number of carbonyl (C=O) groups is 3. The Kier molecular flexibility index (Phi) is 8.94. The van der Waals surface area contributed by atoms with E-state index >= 15 is 0 Å². The first-order chi connectivity index (χ1) is 13.5. The molecule has 3 N–H and O–H groups in total. The van der Waals surface area contributed by atoms with Gasteiger partial charge in [-0.2, -0.15) is 0 Å². The third-order valence-electron chi connectivity index (χ3n) is 3.79. The van der Waals surface area contributed by atoms with Crippen LogP contribution >= 0.6 is 0 Å². The summed E-state index contributed by atoms with van der Waals surface area (Å²) in [6.45, 7) is 10.6. The highest BCUT2D eigenvalue weighted by Crippen LogP contribution is 2.29. The zero-order valence-electron chi connectivity index (χ0n) is 18.1. The van der Waals surface area contributed by atoms with Crippen LogP contribution < -0.4 is 10.6 Å². The number of aromatic hydroxyl groups is 1. The molecule has 3 amide bonds. The van der Waals surface area contributed by atoms with E-state index in [9.17, 15) is 19.5 Å². The average Bonchev–Trinajstić information content (AvgIpc) is 2.58. The summed E-state index contributed by atoms with van der Waals surface area (Å²) in [7, 11) is 0. The number of phenolic OH excluding ortho intramolecular Hbond substituents is 1. The van der Waals surface area contributed by atoms with Crippen molar-refractivity contribution in [2.24, 2.45) is 0 Å². The minimum atomic E-state index is -1.02. The SMILES string of the molecule is CCCN(C(=O)CNC(=O)OC(C)(C)C)C(C(=O)NC(C)C)c1ccccc1O. The maximum Gasteiger partial charge on any atom is 0.408 e. The number of alkyl carbamates (subject to hydrolysis) is 1. The largest absolute Gasteiger partial charge is 0.508 e. The number of benzene rings is 1. The molecule has 0 saturated heterocycles. The zero-order valence-corrected chi connectivity index (χ0v) is 18.1. The van der Waals surface area contributed by atoms with Crippen LogP contribution in [0, 0.1) is 0 Å². The number of hydrogen-bond acceptors (Lipinski definition) is 5. The Morgan fingerprint density at radius 3 is 2.31 bits per heavy atom. The fourth-order valence-electron chi connectivity index (χ4n) is 2.74. The van der Waals surface area contributed by atoms with Crippen molar-refractivity contribution in [1.29, 1.82) is 0 Å². The number of carbonyl (C=O) groups excluding carboxylic acids is 3. The van der Waals surface area contributed by atoms with Crippen LogP contribution in [0.1, 0.15) is 59.6 Å². The third-order valence-corrected chi connectivity index (χ3v) is 3.79. The van der Waals surface area contributed by atoms with Crippen molar-refractivity contribution in [2.75, 3.05) is 13.1 Å². The lowest BCUT2D eigenvalue weighted by molar-refractivity contribution is -0.140. The maximum atomic E-state index is 12.9. The summed E-state index contributed by atoms with van der Waals surface area (Å²) in [5, 5.41) is 15.5. The van der Waals surface area contributed by atoms with Gasteiger partial charge in [0.25, 0.3) is 0 Å². The standard InChI is InChI=1S/C21H33N3O5/c1-7-12-24(17(26)13-22-20(28)29-21(4,5)6)18(19(27)23-14(2)3)15-10-8-9-11-16(15)25/h8-11,14,18,25H,7,12-13H2,1-6H3,(H,22,28)(H,23,27). The molecule has 0 fully saturated rings. The molecule has 1 rings (SSSR count). The molecular weight excluding hydrogens is 374 g/mol. The molecule has 0 aliphatic carbocycles. The molecule has 0 aromatic heterocycles. The van der Waals surface area contributed by atoms with Crippen molar-refractivity contribution in [3.8, 4) is 5.75 Å². The summed E-state index contributed by atoms with van der Waals surface area (Å²) in [4.78, 5) is 39.1. The van der Waals surface area contributed by atoms with E-state index in [4.69, 9.17) is 4.74 Å². The second-order valence-corrected chi connectivity index (χ2v) is 8.07. The summed E-state index contributed by atoms with van der Waals surface area (Å²) in [5.74, 6) is -0.934. The molecule has 0 spiro atoms. The smallest absolute Gasteiger partial charge is 0.408 e. The number of amides is 3. The Labute approximate surface area is 172 Å². The first kappa shape index (κ1) is 24.3. The molecule has 0 aliphatic heterocycles. The Morgan fingerprint density at radius 1 is 1.17 bits per heavy atom. The number of ether oxygens (including phenoxy) is 1. The van der Waals surface area contributed by atoms with E-state index in [1.54, 1.807) is 39.0 Å². The number of nitrogens with one attached hydrogen (secondary N) is 2. The second kappa shape index (κ2) is 10.7. The fraction of sp³-hybridized carbons (Fsp3) is 0.571. The normalized spacial score (nSPS) is 12.2. The van der Waals surface area contributed by atoms with Gasteiger partial charge < -0.3 is 25.4 Å². The van der Waals surface area contributed by atoms with Gasteiger partial charge in [-0.25, -0.2) is 4.79 Å². The van der Waals surface area contributed by atoms with E-state index in [0.29, 0.717) is 12.0 Å². The van der Waals surface area contributed by atoms with Crippen molar-refractivity contribution in [3.63, 3.8) is 0 Å². The van der Waals surface area contributed by atoms with Crippen LogP contribution in [-0.2, 0) is 14.3 Å².